The third kappa shape index (κ3) is 7.64. The number of nitrogens with two attached hydrogens (primary N) is 1. The van der Waals surface area contributed by atoms with Crippen LogP contribution in [-0.4, -0.2) is 41.4 Å². The zero-order valence-electron chi connectivity index (χ0n) is 21.8. The van der Waals surface area contributed by atoms with Crippen LogP contribution in [0.3, 0.4) is 0 Å². The Bertz CT molecular complexity index is 741. The molecule has 4 atom stereocenters. The largest absolute Gasteiger partial charge is 0.399 e. The third-order valence-electron chi connectivity index (χ3n) is 7.68. The van der Waals surface area contributed by atoms with E-state index in [1.165, 1.54) is 19.3 Å². The van der Waals surface area contributed by atoms with E-state index >= 15 is 0 Å². The lowest BCUT2D eigenvalue weighted by Gasteiger charge is -2.38. The van der Waals surface area contributed by atoms with Gasteiger partial charge in [0.15, 0.2) is 0 Å². The Balaban J connectivity index is 2.16. The van der Waals surface area contributed by atoms with E-state index < -0.39 is 0 Å². The Labute approximate surface area is 207 Å². The highest BCUT2D eigenvalue weighted by Crippen LogP contribution is 2.33. The second kappa shape index (κ2) is 13.6. The van der Waals surface area contributed by atoms with Crippen LogP contribution in [0.2, 0.25) is 0 Å². The molecule has 1 aliphatic carbocycles. The van der Waals surface area contributed by atoms with Crippen LogP contribution < -0.4 is 16.4 Å². The van der Waals surface area contributed by atoms with Crippen LogP contribution in [-0.2, 0) is 9.59 Å². The predicted octanol–water partition coefficient (Wildman–Crippen LogP) is 4.78. The molecule has 6 heteroatoms. The minimum atomic E-state index is -0.289. The molecule has 4 N–H and O–H groups in total. The van der Waals surface area contributed by atoms with Gasteiger partial charge in [-0.2, -0.15) is 0 Å². The van der Waals surface area contributed by atoms with E-state index in [0.717, 1.165) is 57.2 Å². The summed E-state index contributed by atoms with van der Waals surface area (Å²) in [4.78, 5) is 28.4. The van der Waals surface area contributed by atoms with Crippen LogP contribution in [0.25, 0.3) is 0 Å². The van der Waals surface area contributed by atoms with Crippen LogP contribution in [0.4, 0.5) is 0 Å². The maximum atomic E-state index is 13.4. The molecule has 2 amide bonds. The summed E-state index contributed by atoms with van der Waals surface area (Å²) in [5.41, 5.74) is 7.85. The summed E-state index contributed by atoms with van der Waals surface area (Å²) in [5.74, 6) is 0.797. The summed E-state index contributed by atoms with van der Waals surface area (Å²) < 4.78 is 0. The Morgan fingerprint density at radius 1 is 1.03 bits per heavy atom. The van der Waals surface area contributed by atoms with Gasteiger partial charge in [-0.05, 0) is 49.5 Å². The number of nitrogens with zero attached hydrogens (tertiary/aromatic N) is 1. The number of likely N-dealkylation sites (tertiary alicyclic amines) is 1. The number of carbonyl (C=O) groups is 2. The smallest absolute Gasteiger partial charge is 0.243 e. The lowest BCUT2D eigenvalue weighted by atomic mass is 9.82. The van der Waals surface area contributed by atoms with Crippen LogP contribution in [0.1, 0.15) is 91.4 Å². The lowest BCUT2D eigenvalue weighted by Crippen LogP contribution is -2.52. The van der Waals surface area contributed by atoms with Crippen molar-refractivity contribution in [3.63, 3.8) is 0 Å². The van der Waals surface area contributed by atoms with Crippen molar-refractivity contribution in [1.82, 2.24) is 15.5 Å². The van der Waals surface area contributed by atoms with E-state index in [2.05, 4.69) is 56.0 Å². The van der Waals surface area contributed by atoms with Gasteiger partial charge in [-0.3, -0.25) is 9.59 Å². The Morgan fingerprint density at radius 2 is 1.71 bits per heavy atom. The summed E-state index contributed by atoms with van der Waals surface area (Å²) in [7, 11) is 0. The quantitative estimate of drug-likeness (QED) is 0.337. The number of carbonyl (C=O) groups excluding carboxylic acids is 2. The summed E-state index contributed by atoms with van der Waals surface area (Å²) in [6.45, 7) is 19.4. The molecule has 0 aromatic heterocycles. The fraction of sp³-hybridized carbons (Fsp3) is 0.714. The highest BCUT2D eigenvalue weighted by atomic mass is 16.2. The molecular formula is C28H48N4O2. The summed E-state index contributed by atoms with van der Waals surface area (Å²) in [6, 6.07) is -0.617. The van der Waals surface area contributed by atoms with Gasteiger partial charge < -0.3 is 21.3 Å². The molecule has 2 fully saturated rings. The molecule has 2 rings (SSSR count). The molecule has 0 aromatic rings. The van der Waals surface area contributed by atoms with Crippen molar-refractivity contribution in [2.24, 2.45) is 17.6 Å². The fourth-order valence-electron chi connectivity index (χ4n) is 5.31. The minimum Gasteiger partial charge on any atom is -0.399 e. The van der Waals surface area contributed by atoms with Gasteiger partial charge in [-0.15, -0.1) is 0 Å². The number of hydrogen-bond acceptors (Lipinski definition) is 4. The normalized spacial score (nSPS) is 21.4. The first kappa shape index (κ1) is 28.0. The number of hydrogen-bond donors (Lipinski definition) is 3. The van der Waals surface area contributed by atoms with E-state index in [9.17, 15) is 9.59 Å². The average molecular weight is 473 g/mol. The van der Waals surface area contributed by atoms with Gasteiger partial charge in [0.1, 0.15) is 6.04 Å². The van der Waals surface area contributed by atoms with Gasteiger partial charge >= 0.3 is 0 Å². The maximum Gasteiger partial charge on any atom is 0.243 e. The average Bonchev–Trinajstić information content (AvgIpc) is 3.32. The molecule has 34 heavy (non-hydrogen) atoms. The Hall–Kier alpha value is -2.24. The SMILES string of the molecule is C=C(N)C(=C)C(CCC)NC(=O)C1CCCN1C(=C)C(NC(=O)CC(C)CC)C1CCCCC1. The van der Waals surface area contributed by atoms with Gasteiger partial charge in [0.05, 0.1) is 12.1 Å². The summed E-state index contributed by atoms with van der Waals surface area (Å²) >= 11 is 0. The first-order valence-corrected chi connectivity index (χ1v) is 13.4. The van der Waals surface area contributed by atoms with Gasteiger partial charge in [-0.1, -0.05) is 72.6 Å². The zero-order chi connectivity index (χ0) is 25.3. The first-order valence-electron chi connectivity index (χ1n) is 13.4. The van der Waals surface area contributed by atoms with Crippen molar-refractivity contribution in [3.8, 4) is 0 Å². The molecule has 0 aromatic carbocycles. The van der Waals surface area contributed by atoms with Gasteiger partial charge in [0.2, 0.25) is 11.8 Å². The molecule has 1 heterocycles. The molecule has 1 aliphatic heterocycles. The van der Waals surface area contributed by atoms with Crippen molar-refractivity contribution < 1.29 is 9.59 Å². The van der Waals surface area contributed by atoms with Crippen molar-refractivity contribution in [2.45, 2.75) is 110 Å². The molecule has 2 aliphatic rings. The van der Waals surface area contributed by atoms with Crippen LogP contribution in [0, 0.1) is 11.8 Å². The number of nitrogens with one attached hydrogen (secondary N) is 2. The molecule has 192 valence electrons. The molecule has 1 saturated heterocycles. The highest BCUT2D eigenvalue weighted by molar-refractivity contribution is 5.83. The monoisotopic (exact) mass is 472 g/mol. The van der Waals surface area contributed by atoms with Crippen molar-refractivity contribution in [3.05, 3.63) is 36.7 Å². The summed E-state index contributed by atoms with van der Waals surface area (Å²) in [6.07, 6.45) is 10.7. The van der Waals surface area contributed by atoms with Gasteiger partial charge in [0, 0.05) is 24.4 Å². The molecular weight excluding hydrogens is 424 g/mol. The lowest BCUT2D eigenvalue weighted by molar-refractivity contribution is -0.125. The first-order chi connectivity index (χ1) is 16.2. The maximum absolute atomic E-state index is 13.4. The van der Waals surface area contributed by atoms with E-state index in [1.807, 2.05) is 0 Å². The molecule has 1 saturated carbocycles. The molecule has 4 unspecified atom stereocenters. The van der Waals surface area contributed by atoms with Crippen LogP contribution >= 0.6 is 0 Å². The van der Waals surface area contributed by atoms with Gasteiger partial charge in [-0.25, -0.2) is 0 Å². The number of amides is 2. The van der Waals surface area contributed by atoms with Crippen molar-refractivity contribution in [1.29, 1.82) is 0 Å². The van der Waals surface area contributed by atoms with Gasteiger partial charge in [0.25, 0.3) is 0 Å². The Kier molecular flexibility index (Phi) is 11.2. The van der Waals surface area contributed by atoms with E-state index in [1.54, 1.807) is 0 Å². The van der Waals surface area contributed by atoms with Crippen LogP contribution in [0.15, 0.2) is 36.7 Å². The highest BCUT2D eigenvalue weighted by Gasteiger charge is 2.37. The van der Waals surface area contributed by atoms with Crippen molar-refractivity contribution >= 4 is 11.8 Å². The molecule has 0 radical (unpaired) electrons. The Morgan fingerprint density at radius 3 is 2.29 bits per heavy atom. The summed E-state index contributed by atoms with van der Waals surface area (Å²) in [5, 5.41) is 6.50. The fourth-order valence-corrected chi connectivity index (χ4v) is 5.31. The number of rotatable bonds is 13. The third-order valence-corrected chi connectivity index (χ3v) is 7.68. The second-order valence-corrected chi connectivity index (χ2v) is 10.4. The van der Waals surface area contributed by atoms with Crippen LogP contribution in [0.5, 0.6) is 0 Å². The van der Waals surface area contributed by atoms with E-state index in [-0.39, 0.29) is 29.9 Å². The molecule has 6 nitrogen and oxygen atoms in total. The molecule has 0 bridgehead atoms. The van der Waals surface area contributed by atoms with E-state index in [4.69, 9.17) is 5.73 Å². The van der Waals surface area contributed by atoms with E-state index in [0.29, 0.717) is 29.5 Å². The standard InChI is InChI=1S/C28H48N4O2/c1-7-13-24(20(4)21(5)29)30-28(34)25-16-12-17-32(25)22(6)27(23-14-10-9-11-15-23)31-26(33)18-19(3)8-2/h19,23-25,27H,4-18,29H2,1-3H3,(H,30,34)(H,31,33). The molecule has 0 spiro atoms. The van der Waals surface area contributed by atoms with Crippen molar-refractivity contribution in [2.75, 3.05) is 6.54 Å². The minimum absolute atomic E-state index is 0.0205. The predicted molar refractivity (Wildman–Crippen MR) is 141 cm³/mol. The zero-order valence-corrected chi connectivity index (χ0v) is 21.8. The second-order valence-electron chi connectivity index (χ2n) is 10.4. The topological polar surface area (TPSA) is 87.5 Å².